The molecule has 0 aromatic carbocycles. The van der Waals surface area contributed by atoms with Crippen LogP contribution in [-0.4, -0.2) is 20.9 Å². The molecule has 8 heavy (non-hydrogen) atoms. The molecule has 0 spiro atoms. The molecule has 0 rings (SSSR count). The summed E-state index contributed by atoms with van der Waals surface area (Å²) in [6, 6.07) is 0. The maximum Gasteiger partial charge on any atom is 0.614 e. The predicted molar refractivity (Wildman–Crippen MR) is 35.8 cm³/mol. The summed E-state index contributed by atoms with van der Waals surface area (Å²) in [7, 11) is 0. The van der Waals surface area contributed by atoms with Crippen LogP contribution >= 0.6 is 0 Å². The molecule has 0 aromatic heterocycles. The zero-order chi connectivity index (χ0) is 6.24. The normalized spacial score (nSPS) is 8.75. The molecule has 0 aliphatic heterocycles. The Morgan fingerprint density at radius 3 is 2.50 bits per heavy atom. The van der Waals surface area contributed by atoms with Gasteiger partial charge in [0.05, 0.1) is 0 Å². The molecule has 46 valence electrons. The molecule has 0 bridgehead atoms. The first-order chi connectivity index (χ1) is 3.91. The van der Waals surface area contributed by atoms with Gasteiger partial charge in [-0.2, -0.15) is 0 Å². The summed E-state index contributed by atoms with van der Waals surface area (Å²) >= 11 is -1.11. The molecule has 0 saturated carbocycles. The second-order valence-corrected chi connectivity index (χ2v) is 3.19. The van der Waals surface area contributed by atoms with Crippen molar-refractivity contribution in [3.8, 4) is 0 Å². The zero-order valence-corrected chi connectivity index (χ0v) is 7.03. The Morgan fingerprint density at radius 2 is 2.00 bits per heavy atom. The number of rotatable bonds is 5. The zero-order valence-electron chi connectivity index (χ0n) is 5.62. The molecule has 0 aliphatic carbocycles. The lowest BCUT2D eigenvalue weighted by molar-refractivity contribution is 0.691. The highest BCUT2D eigenvalue weighted by Gasteiger charge is 1.91. The van der Waals surface area contributed by atoms with E-state index in [0.717, 1.165) is 11.0 Å². The van der Waals surface area contributed by atoms with Gasteiger partial charge < -0.3 is 2.96 Å². The van der Waals surface area contributed by atoms with Gasteiger partial charge in [0.25, 0.3) is 0 Å². The van der Waals surface area contributed by atoms with Crippen LogP contribution in [0.15, 0.2) is 0 Å². The fourth-order valence-corrected chi connectivity index (χ4v) is 1.24. The summed E-state index contributed by atoms with van der Waals surface area (Å²) in [5.74, 6) is 0. The molecule has 0 N–H and O–H groups in total. The first-order valence-corrected chi connectivity index (χ1v) is 5.01. The van der Waals surface area contributed by atoms with Crippen LogP contribution in [0.3, 0.4) is 0 Å². The molecule has 0 radical (unpaired) electrons. The minimum Gasteiger partial charge on any atom is -0.486 e. The van der Waals surface area contributed by atoms with Crippen LogP contribution in [0.1, 0.15) is 32.6 Å². The van der Waals surface area contributed by atoms with E-state index >= 15 is 0 Å². The fourth-order valence-electron chi connectivity index (χ4n) is 0.698. The average molecular weight is 128 g/mol. The van der Waals surface area contributed by atoms with E-state index < -0.39 is 20.9 Å². The van der Waals surface area contributed by atoms with Crippen molar-refractivity contribution in [1.29, 1.82) is 0 Å². The van der Waals surface area contributed by atoms with Crippen LogP contribution in [0, 0.1) is 0 Å². The molecule has 0 amide bonds. The van der Waals surface area contributed by atoms with E-state index in [0.29, 0.717) is 0 Å². The van der Waals surface area contributed by atoms with E-state index in [-0.39, 0.29) is 0 Å². The predicted octanol–water partition coefficient (Wildman–Crippen LogP) is 2.57. The van der Waals surface area contributed by atoms with Crippen molar-refractivity contribution >= 4 is 20.9 Å². The number of unbranched alkanes of at least 4 members (excludes halogenated alkanes) is 3. The highest BCUT2D eigenvalue weighted by Crippen LogP contribution is 2.01. The van der Waals surface area contributed by atoms with E-state index in [1.54, 1.807) is 0 Å². The smallest absolute Gasteiger partial charge is 0.486 e. The molecule has 0 fully saturated rings. The van der Waals surface area contributed by atoms with Gasteiger partial charge in [-0.25, -0.2) is 0 Å². The molecule has 0 heterocycles. The molecule has 0 aromatic rings. The lowest BCUT2D eigenvalue weighted by atomic mass is 10.2. The van der Waals surface area contributed by atoms with Crippen LogP contribution in [0.2, 0.25) is 4.55 Å². The van der Waals surface area contributed by atoms with E-state index in [4.69, 9.17) is 0 Å². The van der Waals surface area contributed by atoms with Gasteiger partial charge >= 0.3 is 20.9 Å². The Kier molecular flexibility index (Phi) is 8.37. The summed E-state index contributed by atoms with van der Waals surface area (Å²) < 4.78 is 12.5. The van der Waals surface area contributed by atoms with Crippen molar-refractivity contribution in [2.24, 2.45) is 0 Å². The van der Waals surface area contributed by atoms with E-state index in [1.165, 1.54) is 19.3 Å². The Morgan fingerprint density at radius 1 is 1.25 bits per heavy atom. The summed E-state index contributed by atoms with van der Waals surface area (Å²) in [6.07, 6.45) is 4.92. The van der Waals surface area contributed by atoms with Crippen LogP contribution < -0.4 is 0 Å². The van der Waals surface area contributed by atoms with Gasteiger partial charge in [0, 0.05) is 0 Å². The van der Waals surface area contributed by atoms with Gasteiger partial charge in [0.2, 0.25) is 0 Å². The van der Waals surface area contributed by atoms with Gasteiger partial charge in [0.1, 0.15) is 0 Å². The highest BCUT2D eigenvalue weighted by molar-refractivity contribution is 6.25. The monoisotopic (exact) mass is 128 g/mol. The second kappa shape index (κ2) is 7.70. The van der Waals surface area contributed by atoms with Crippen molar-refractivity contribution in [3.63, 3.8) is 0 Å². The van der Waals surface area contributed by atoms with Gasteiger partial charge in [0.15, 0.2) is 0 Å². The molecule has 2 heteroatoms. The molecular weight excluding hydrogens is 115 g/mol. The van der Waals surface area contributed by atoms with E-state index in [1.807, 2.05) is 0 Å². The van der Waals surface area contributed by atoms with Crippen molar-refractivity contribution in [2.75, 3.05) is 0 Å². The summed E-state index contributed by atoms with van der Waals surface area (Å²) in [4.78, 5) is 0. The number of hydrogen-bond acceptors (Lipinski definition) is 0. The quantitative estimate of drug-likeness (QED) is 0.394. The van der Waals surface area contributed by atoms with Crippen molar-refractivity contribution in [1.82, 2.24) is 0 Å². The Hall–Kier alpha value is 0.696. The van der Waals surface area contributed by atoms with Crippen molar-refractivity contribution < 1.29 is 2.96 Å². The average Bonchev–Trinajstić information content (AvgIpc) is 1.81. The van der Waals surface area contributed by atoms with Gasteiger partial charge in [-0.1, -0.05) is 32.6 Å². The van der Waals surface area contributed by atoms with E-state index in [2.05, 4.69) is 6.92 Å². The van der Waals surface area contributed by atoms with Crippen LogP contribution in [0.25, 0.3) is 0 Å². The van der Waals surface area contributed by atoms with Crippen molar-refractivity contribution in [3.05, 3.63) is 0 Å². The molecule has 0 atom stereocenters. The first-order valence-electron chi connectivity index (χ1n) is 3.47. The maximum absolute atomic E-state index is 11.6. The lowest BCUT2D eigenvalue weighted by Crippen LogP contribution is -1.79. The second-order valence-electron chi connectivity index (χ2n) is 2.10. The van der Waals surface area contributed by atoms with Crippen LogP contribution in [0.5, 0.6) is 0 Å². The Bertz CT molecular complexity index is 33.5. The topological polar surface area (TPSA) is 0 Å². The maximum atomic E-state index is 11.6. The summed E-state index contributed by atoms with van der Waals surface area (Å²) in [5, 5.41) is 0. The Labute approximate surface area is 61.3 Å². The number of hydrogen-bond donors (Lipinski definition) is 0. The van der Waals surface area contributed by atoms with Gasteiger partial charge in [-0.3, -0.25) is 0 Å². The van der Waals surface area contributed by atoms with Crippen LogP contribution in [0.4, 0.5) is 2.96 Å². The lowest BCUT2D eigenvalue weighted by Gasteiger charge is -1.91. The van der Waals surface area contributed by atoms with E-state index in [9.17, 15) is 2.96 Å². The fraction of sp³-hybridized carbons (Fsp3) is 1.00. The Balaban J connectivity index is 2.53. The molecular formula is C6H13FMg. The standard InChI is InChI=1S/C6H13.FH.Mg/c1-3-5-6-4-2;;/h1,3-6H2,2H3;1H;/q;;+1/p-1. The van der Waals surface area contributed by atoms with Crippen molar-refractivity contribution in [2.45, 2.75) is 37.2 Å². The third kappa shape index (κ3) is 6.70. The first kappa shape index (κ1) is 8.70. The third-order valence-electron chi connectivity index (χ3n) is 1.24. The van der Waals surface area contributed by atoms with Gasteiger partial charge in [-0.05, 0) is 0 Å². The minimum absolute atomic E-state index is 0.903. The molecule has 0 aliphatic rings. The SMILES string of the molecule is CCCCC[CH2][Mg][F]. The number of halogens is 1. The third-order valence-corrected chi connectivity index (χ3v) is 2.00. The summed E-state index contributed by atoms with van der Waals surface area (Å²) in [5.41, 5.74) is 0. The van der Waals surface area contributed by atoms with Crippen LogP contribution in [-0.2, 0) is 0 Å². The molecule has 0 nitrogen and oxygen atoms in total. The van der Waals surface area contributed by atoms with Gasteiger partial charge in [-0.15, -0.1) is 4.55 Å². The largest absolute Gasteiger partial charge is 0.614 e. The molecule has 0 saturated heterocycles. The summed E-state index contributed by atoms with van der Waals surface area (Å²) in [6.45, 7) is 2.17. The minimum atomic E-state index is -1.11. The molecule has 0 unspecified atom stereocenters. The highest BCUT2D eigenvalue weighted by atomic mass is 24.6.